The van der Waals surface area contributed by atoms with Crippen molar-refractivity contribution in [1.82, 2.24) is 10.6 Å². The zero-order valence-corrected chi connectivity index (χ0v) is 14.2. The van der Waals surface area contributed by atoms with Crippen molar-refractivity contribution in [2.24, 2.45) is 0 Å². The second kappa shape index (κ2) is 9.18. The van der Waals surface area contributed by atoms with Crippen LogP contribution in [-0.2, 0) is 4.79 Å². The van der Waals surface area contributed by atoms with Crippen molar-refractivity contribution < 1.29 is 18.7 Å². The van der Waals surface area contributed by atoms with Crippen LogP contribution in [0.15, 0.2) is 42.5 Å². The number of ether oxygens (including phenoxy) is 1. The Bertz CT molecular complexity index is 829. The maximum atomic E-state index is 13.4. The van der Waals surface area contributed by atoms with E-state index in [2.05, 4.69) is 10.6 Å². The monoisotopic (exact) mass is 355 g/mol. The fraction of sp³-hybridized carbons (Fsp3) is 0.211. The third kappa shape index (κ3) is 5.60. The molecule has 0 aliphatic carbocycles. The number of rotatable bonds is 7. The van der Waals surface area contributed by atoms with E-state index >= 15 is 0 Å². The molecule has 0 unspecified atom stereocenters. The van der Waals surface area contributed by atoms with E-state index in [4.69, 9.17) is 10.00 Å². The van der Waals surface area contributed by atoms with Gasteiger partial charge in [0.1, 0.15) is 11.6 Å². The molecule has 0 spiro atoms. The van der Waals surface area contributed by atoms with Gasteiger partial charge >= 0.3 is 0 Å². The number of amides is 2. The molecule has 2 aromatic carbocycles. The van der Waals surface area contributed by atoms with Crippen molar-refractivity contribution in [2.75, 3.05) is 19.7 Å². The Hall–Kier alpha value is -3.40. The van der Waals surface area contributed by atoms with Gasteiger partial charge in [0.15, 0.2) is 6.61 Å². The Morgan fingerprint density at radius 1 is 1.12 bits per heavy atom. The van der Waals surface area contributed by atoms with Crippen LogP contribution in [0.1, 0.15) is 21.5 Å². The Balaban J connectivity index is 1.67. The lowest BCUT2D eigenvalue weighted by atomic mass is 10.1. The van der Waals surface area contributed by atoms with Crippen molar-refractivity contribution in [1.29, 1.82) is 5.26 Å². The molecule has 134 valence electrons. The topological polar surface area (TPSA) is 91.2 Å². The number of nitrogens with one attached hydrogen (secondary N) is 2. The fourth-order valence-electron chi connectivity index (χ4n) is 2.04. The zero-order chi connectivity index (χ0) is 18.9. The van der Waals surface area contributed by atoms with E-state index in [-0.39, 0.29) is 31.2 Å². The Kier molecular flexibility index (Phi) is 6.68. The molecule has 6 nitrogen and oxygen atoms in total. The average molecular weight is 355 g/mol. The summed E-state index contributed by atoms with van der Waals surface area (Å²) in [4.78, 5) is 23.6. The Labute approximate surface area is 150 Å². The van der Waals surface area contributed by atoms with Crippen LogP contribution in [0.5, 0.6) is 5.75 Å². The molecule has 26 heavy (non-hydrogen) atoms. The molecule has 2 N–H and O–H groups in total. The Morgan fingerprint density at radius 3 is 2.46 bits per heavy atom. The van der Waals surface area contributed by atoms with Crippen LogP contribution < -0.4 is 15.4 Å². The van der Waals surface area contributed by atoms with E-state index in [0.29, 0.717) is 16.9 Å². The van der Waals surface area contributed by atoms with Crippen molar-refractivity contribution in [3.8, 4) is 11.8 Å². The normalized spacial score (nSPS) is 9.88. The lowest BCUT2D eigenvalue weighted by molar-refractivity contribution is -0.123. The molecule has 2 rings (SSSR count). The third-order valence-corrected chi connectivity index (χ3v) is 3.52. The van der Waals surface area contributed by atoms with Crippen LogP contribution >= 0.6 is 0 Å². The fourth-order valence-corrected chi connectivity index (χ4v) is 2.04. The summed E-state index contributed by atoms with van der Waals surface area (Å²) in [6, 6.07) is 12.6. The molecule has 2 aromatic rings. The predicted octanol–water partition coefficient (Wildman–Crippen LogP) is 1.93. The van der Waals surface area contributed by atoms with Crippen LogP contribution in [0.3, 0.4) is 0 Å². The molecule has 7 heteroatoms. The van der Waals surface area contributed by atoms with Gasteiger partial charge in [-0.1, -0.05) is 6.07 Å². The first-order valence-electron chi connectivity index (χ1n) is 7.93. The van der Waals surface area contributed by atoms with Gasteiger partial charge in [-0.3, -0.25) is 9.59 Å². The van der Waals surface area contributed by atoms with E-state index in [9.17, 15) is 14.0 Å². The van der Waals surface area contributed by atoms with Gasteiger partial charge in [0.05, 0.1) is 11.6 Å². The summed E-state index contributed by atoms with van der Waals surface area (Å²) in [5.41, 5.74) is 1.20. The summed E-state index contributed by atoms with van der Waals surface area (Å²) in [5.74, 6) is -0.711. The second-order valence-corrected chi connectivity index (χ2v) is 5.49. The minimum absolute atomic E-state index is 0.178. The average Bonchev–Trinajstić information content (AvgIpc) is 2.66. The van der Waals surface area contributed by atoms with Crippen LogP contribution in [0.25, 0.3) is 0 Å². The number of carbonyl (C=O) groups is 2. The lowest BCUT2D eigenvalue weighted by Gasteiger charge is -2.09. The molecule has 0 aliphatic heterocycles. The minimum Gasteiger partial charge on any atom is -0.484 e. The van der Waals surface area contributed by atoms with E-state index in [1.54, 1.807) is 31.2 Å². The largest absolute Gasteiger partial charge is 0.484 e. The first kappa shape index (κ1) is 18.9. The Morgan fingerprint density at radius 2 is 1.81 bits per heavy atom. The van der Waals surface area contributed by atoms with Crippen molar-refractivity contribution in [3.05, 3.63) is 65.0 Å². The molecular weight excluding hydrogens is 337 g/mol. The maximum Gasteiger partial charge on any atom is 0.258 e. The highest BCUT2D eigenvalue weighted by Crippen LogP contribution is 2.11. The van der Waals surface area contributed by atoms with Gasteiger partial charge in [0, 0.05) is 18.7 Å². The number of hydrogen-bond acceptors (Lipinski definition) is 4. The number of hydrogen-bond donors (Lipinski definition) is 2. The number of nitrogens with zero attached hydrogens (tertiary/aromatic N) is 1. The zero-order valence-electron chi connectivity index (χ0n) is 14.2. The minimum atomic E-state index is -0.439. The van der Waals surface area contributed by atoms with Gasteiger partial charge in [-0.05, 0) is 48.9 Å². The molecule has 0 saturated carbocycles. The highest BCUT2D eigenvalue weighted by Gasteiger charge is 2.08. The number of aryl methyl sites for hydroxylation is 1. The van der Waals surface area contributed by atoms with E-state index in [0.717, 1.165) is 0 Å². The van der Waals surface area contributed by atoms with Gasteiger partial charge in [-0.15, -0.1) is 0 Å². The molecule has 2 amide bonds. The standard InChI is InChI=1S/C19H18FN3O3/c1-13-2-5-15(10-17(13)20)19(25)23-9-8-22-18(24)12-26-16-6-3-14(11-21)4-7-16/h2-7,10H,8-9,12H2,1H3,(H,22,24)(H,23,25). The smallest absolute Gasteiger partial charge is 0.258 e. The molecule has 0 saturated heterocycles. The van der Waals surface area contributed by atoms with Crippen molar-refractivity contribution in [3.63, 3.8) is 0 Å². The second-order valence-electron chi connectivity index (χ2n) is 5.49. The van der Waals surface area contributed by atoms with Crippen LogP contribution in [0, 0.1) is 24.1 Å². The van der Waals surface area contributed by atoms with Gasteiger partial charge in [-0.2, -0.15) is 5.26 Å². The summed E-state index contributed by atoms with van der Waals surface area (Å²) in [7, 11) is 0. The number of benzene rings is 2. The summed E-state index contributed by atoms with van der Waals surface area (Å²) in [5, 5.41) is 13.9. The van der Waals surface area contributed by atoms with Crippen LogP contribution in [0.4, 0.5) is 4.39 Å². The molecule has 0 aliphatic rings. The van der Waals surface area contributed by atoms with E-state index in [1.807, 2.05) is 6.07 Å². The maximum absolute atomic E-state index is 13.4. The summed E-state index contributed by atoms with van der Waals surface area (Å²) in [6.45, 7) is 1.86. The predicted molar refractivity (Wildman–Crippen MR) is 93.1 cm³/mol. The third-order valence-electron chi connectivity index (χ3n) is 3.52. The van der Waals surface area contributed by atoms with Gasteiger partial charge in [0.25, 0.3) is 11.8 Å². The first-order chi connectivity index (χ1) is 12.5. The van der Waals surface area contributed by atoms with Crippen LogP contribution in [0.2, 0.25) is 0 Å². The van der Waals surface area contributed by atoms with E-state index in [1.165, 1.54) is 18.2 Å². The molecular formula is C19H18FN3O3. The summed E-state index contributed by atoms with van der Waals surface area (Å²) in [6.07, 6.45) is 0. The van der Waals surface area contributed by atoms with E-state index < -0.39 is 11.7 Å². The molecule has 0 fully saturated rings. The first-order valence-corrected chi connectivity index (χ1v) is 7.93. The lowest BCUT2D eigenvalue weighted by Crippen LogP contribution is -2.36. The van der Waals surface area contributed by atoms with Crippen molar-refractivity contribution in [2.45, 2.75) is 6.92 Å². The van der Waals surface area contributed by atoms with Gasteiger partial charge < -0.3 is 15.4 Å². The number of carbonyl (C=O) groups excluding carboxylic acids is 2. The molecule has 0 radical (unpaired) electrons. The van der Waals surface area contributed by atoms with Gasteiger partial charge in [-0.25, -0.2) is 4.39 Å². The molecule has 0 aromatic heterocycles. The summed E-state index contributed by atoms with van der Waals surface area (Å²) >= 11 is 0. The number of halogens is 1. The van der Waals surface area contributed by atoms with Crippen LogP contribution in [-0.4, -0.2) is 31.5 Å². The highest BCUT2D eigenvalue weighted by molar-refractivity contribution is 5.94. The molecule has 0 heterocycles. The molecule has 0 bridgehead atoms. The van der Waals surface area contributed by atoms with Crippen molar-refractivity contribution >= 4 is 11.8 Å². The highest BCUT2D eigenvalue weighted by atomic mass is 19.1. The molecule has 0 atom stereocenters. The van der Waals surface area contributed by atoms with Gasteiger partial charge in [0.2, 0.25) is 0 Å². The summed E-state index contributed by atoms with van der Waals surface area (Å²) < 4.78 is 18.7. The quantitative estimate of drug-likeness (QED) is 0.743. The SMILES string of the molecule is Cc1ccc(C(=O)NCCNC(=O)COc2ccc(C#N)cc2)cc1F. The number of nitriles is 1.